The minimum absolute atomic E-state index is 0.273. The van der Waals surface area contributed by atoms with Gasteiger partial charge in [0.15, 0.2) is 0 Å². The number of piperidine rings is 1. The highest BCUT2D eigenvalue weighted by Gasteiger charge is 2.31. The van der Waals surface area contributed by atoms with Crippen molar-refractivity contribution in [1.29, 1.82) is 0 Å². The molecule has 1 N–H and O–H groups in total. The van der Waals surface area contributed by atoms with E-state index in [9.17, 15) is 31.1 Å². The number of aromatic nitrogens is 2. The third-order valence-corrected chi connectivity index (χ3v) is 5.06. The van der Waals surface area contributed by atoms with Crippen LogP contribution in [0.25, 0.3) is 0 Å². The number of pyridine rings is 2. The Hall–Kier alpha value is -2.37. The molecule has 0 atom stereocenters. The molecule has 0 spiro atoms. The van der Waals surface area contributed by atoms with E-state index >= 15 is 0 Å². The second-order valence-electron chi connectivity index (χ2n) is 6.82. The minimum atomic E-state index is -4.36. The fraction of sp³-hybridized carbons (Fsp3) is 0.421. The van der Waals surface area contributed by atoms with Gasteiger partial charge in [0.25, 0.3) is 0 Å². The Labute approximate surface area is 182 Å². The molecular weight excluding hydrogens is 496 g/mol. The van der Waals surface area contributed by atoms with Crippen molar-refractivity contribution in [1.82, 2.24) is 14.9 Å². The number of hydrogen-bond acceptors (Lipinski definition) is 3. The summed E-state index contributed by atoms with van der Waals surface area (Å²) in [6.45, 7) is 0.946. The standard InChI is InChI=1S/C13H15F3N2O2.C6H3BrF3N/c14-13(15,16)10-1-2-11(17-8-10)7-9-3-5-18(6-4-9)12(19)20;7-5-2-1-4(3-11-5)6(8,9)10/h1-2,8-9H,3-7H2,(H,19,20);1-3H. The first-order chi connectivity index (χ1) is 14.4. The molecule has 1 aliphatic rings. The lowest BCUT2D eigenvalue weighted by atomic mass is 9.92. The van der Waals surface area contributed by atoms with Gasteiger partial charge in [-0.15, -0.1) is 0 Å². The van der Waals surface area contributed by atoms with Crippen LogP contribution in [0.1, 0.15) is 29.7 Å². The fourth-order valence-corrected chi connectivity index (χ4v) is 3.12. The Kier molecular flexibility index (Phi) is 8.27. The van der Waals surface area contributed by atoms with Crippen molar-refractivity contribution in [3.8, 4) is 0 Å². The maximum absolute atomic E-state index is 12.4. The summed E-state index contributed by atoms with van der Waals surface area (Å²) in [6, 6.07) is 4.65. The van der Waals surface area contributed by atoms with Gasteiger partial charge in [-0.1, -0.05) is 0 Å². The minimum Gasteiger partial charge on any atom is -0.465 e. The number of hydrogen-bond donors (Lipinski definition) is 1. The van der Waals surface area contributed by atoms with Gasteiger partial charge in [0, 0.05) is 31.2 Å². The molecule has 5 nitrogen and oxygen atoms in total. The Morgan fingerprint density at radius 2 is 1.48 bits per heavy atom. The molecule has 2 aromatic heterocycles. The third kappa shape index (κ3) is 8.00. The van der Waals surface area contributed by atoms with Gasteiger partial charge in [-0.05, 0) is 65.4 Å². The van der Waals surface area contributed by atoms with Crippen molar-refractivity contribution >= 4 is 22.0 Å². The highest BCUT2D eigenvalue weighted by Crippen LogP contribution is 2.30. The van der Waals surface area contributed by atoms with E-state index in [0.29, 0.717) is 29.8 Å². The molecule has 170 valence electrons. The molecule has 0 aromatic carbocycles. The monoisotopic (exact) mass is 513 g/mol. The molecule has 3 heterocycles. The molecule has 0 bridgehead atoms. The van der Waals surface area contributed by atoms with Crippen LogP contribution < -0.4 is 0 Å². The van der Waals surface area contributed by atoms with E-state index in [1.807, 2.05) is 0 Å². The number of nitrogens with zero attached hydrogens (tertiary/aromatic N) is 3. The highest BCUT2D eigenvalue weighted by molar-refractivity contribution is 9.10. The van der Waals surface area contributed by atoms with Gasteiger partial charge in [-0.3, -0.25) is 4.98 Å². The summed E-state index contributed by atoms with van der Waals surface area (Å²) in [7, 11) is 0. The Balaban J connectivity index is 0.000000262. The van der Waals surface area contributed by atoms with E-state index in [2.05, 4.69) is 25.9 Å². The summed E-state index contributed by atoms with van der Waals surface area (Å²) in [5.74, 6) is 0.273. The average Bonchev–Trinajstić information content (AvgIpc) is 2.68. The van der Waals surface area contributed by atoms with Crippen LogP contribution in [0, 0.1) is 5.92 Å². The van der Waals surface area contributed by atoms with Gasteiger partial charge in [0.05, 0.1) is 11.1 Å². The van der Waals surface area contributed by atoms with Crippen molar-refractivity contribution < 1.29 is 36.2 Å². The largest absolute Gasteiger partial charge is 0.465 e. The Morgan fingerprint density at radius 3 is 1.87 bits per heavy atom. The molecule has 2 aromatic rings. The van der Waals surface area contributed by atoms with Crippen LogP contribution in [0.15, 0.2) is 41.3 Å². The molecule has 1 fully saturated rings. The van der Waals surface area contributed by atoms with Crippen LogP contribution in [0.4, 0.5) is 31.1 Å². The van der Waals surface area contributed by atoms with Gasteiger partial charge in [0.2, 0.25) is 0 Å². The maximum atomic E-state index is 12.4. The molecular formula is C19H18BrF6N3O2. The van der Waals surface area contributed by atoms with E-state index in [-0.39, 0.29) is 5.92 Å². The molecule has 0 unspecified atom stereocenters. The lowest BCUT2D eigenvalue weighted by Crippen LogP contribution is -2.37. The summed E-state index contributed by atoms with van der Waals surface area (Å²) in [5, 5.41) is 8.83. The Bertz CT molecular complexity index is 849. The van der Waals surface area contributed by atoms with E-state index in [4.69, 9.17) is 5.11 Å². The molecule has 31 heavy (non-hydrogen) atoms. The van der Waals surface area contributed by atoms with Crippen LogP contribution >= 0.6 is 15.9 Å². The smallest absolute Gasteiger partial charge is 0.417 e. The van der Waals surface area contributed by atoms with Crippen LogP contribution in [0.5, 0.6) is 0 Å². The second kappa shape index (κ2) is 10.3. The summed E-state index contributed by atoms with van der Waals surface area (Å²) in [4.78, 5) is 19.4. The van der Waals surface area contributed by atoms with Crippen molar-refractivity contribution in [2.24, 2.45) is 5.92 Å². The molecule has 0 aliphatic carbocycles. The van der Waals surface area contributed by atoms with E-state index in [1.54, 1.807) is 0 Å². The summed E-state index contributed by atoms with van der Waals surface area (Å²) in [6.07, 6.45) is -5.93. The van der Waals surface area contributed by atoms with Crippen LogP contribution in [0.3, 0.4) is 0 Å². The maximum Gasteiger partial charge on any atom is 0.417 e. The van der Waals surface area contributed by atoms with Crippen LogP contribution in [-0.4, -0.2) is 39.2 Å². The second-order valence-corrected chi connectivity index (χ2v) is 7.63. The van der Waals surface area contributed by atoms with E-state index in [0.717, 1.165) is 37.4 Å². The van der Waals surface area contributed by atoms with Crippen LogP contribution in [-0.2, 0) is 18.8 Å². The molecule has 0 radical (unpaired) electrons. The fourth-order valence-electron chi connectivity index (χ4n) is 2.88. The van der Waals surface area contributed by atoms with Gasteiger partial charge in [-0.2, -0.15) is 26.3 Å². The number of alkyl halides is 6. The molecule has 1 saturated heterocycles. The predicted molar refractivity (Wildman–Crippen MR) is 102 cm³/mol. The first-order valence-corrected chi connectivity index (χ1v) is 9.84. The first-order valence-electron chi connectivity index (χ1n) is 9.05. The number of carboxylic acid groups (broad SMARTS) is 1. The highest BCUT2D eigenvalue weighted by atomic mass is 79.9. The summed E-state index contributed by atoms with van der Waals surface area (Å²) in [5.41, 5.74) is -0.866. The molecule has 12 heteroatoms. The number of halogens is 7. The van der Waals surface area contributed by atoms with Crippen molar-refractivity contribution in [3.05, 3.63) is 58.1 Å². The topological polar surface area (TPSA) is 66.3 Å². The number of amides is 1. The number of rotatable bonds is 2. The quantitative estimate of drug-likeness (QED) is 0.401. The van der Waals surface area contributed by atoms with Crippen molar-refractivity contribution in [2.75, 3.05) is 13.1 Å². The zero-order valence-corrected chi connectivity index (χ0v) is 17.5. The lowest BCUT2D eigenvalue weighted by Gasteiger charge is -2.29. The first kappa shape index (κ1) is 24.9. The van der Waals surface area contributed by atoms with Crippen molar-refractivity contribution in [3.63, 3.8) is 0 Å². The Morgan fingerprint density at radius 1 is 0.968 bits per heavy atom. The van der Waals surface area contributed by atoms with Crippen LogP contribution in [0.2, 0.25) is 0 Å². The zero-order chi connectivity index (χ0) is 23.2. The molecule has 1 amide bonds. The summed E-state index contributed by atoms with van der Waals surface area (Å²) < 4.78 is 73.2. The SMILES string of the molecule is FC(F)(F)c1ccc(Br)nc1.O=C(O)N1CCC(Cc2ccc(C(F)(F)F)cn2)CC1. The predicted octanol–water partition coefficient (Wildman–Crippen LogP) is 5.90. The van der Waals surface area contributed by atoms with Crippen molar-refractivity contribution in [2.45, 2.75) is 31.6 Å². The zero-order valence-electron chi connectivity index (χ0n) is 15.9. The third-order valence-electron chi connectivity index (χ3n) is 4.59. The van der Waals surface area contributed by atoms with E-state index < -0.39 is 29.6 Å². The lowest BCUT2D eigenvalue weighted by molar-refractivity contribution is -0.138. The summed E-state index contributed by atoms with van der Waals surface area (Å²) >= 11 is 2.93. The van der Waals surface area contributed by atoms with Gasteiger partial charge in [-0.25, -0.2) is 9.78 Å². The normalized spacial score (nSPS) is 15.3. The number of likely N-dealkylation sites (tertiary alicyclic amines) is 1. The van der Waals surface area contributed by atoms with Gasteiger partial charge < -0.3 is 10.0 Å². The van der Waals surface area contributed by atoms with Gasteiger partial charge in [0.1, 0.15) is 4.60 Å². The average molecular weight is 514 g/mol. The van der Waals surface area contributed by atoms with Gasteiger partial charge >= 0.3 is 18.4 Å². The van der Waals surface area contributed by atoms with E-state index in [1.165, 1.54) is 17.0 Å². The number of carbonyl (C=O) groups is 1. The molecule has 3 rings (SSSR count). The molecule has 1 aliphatic heterocycles. The molecule has 0 saturated carbocycles.